The van der Waals surface area contributed by atoms with E-state index in [-0.39, 0.29) is 12.2 Å². The Morgan fingerprint density at radius 1 is 1.29 bits per heavy atom. The van der Waals surface area contributed by atoms with E-state index in [9.17, 15) is 9.59 Å². The Balaban J connectivity index is 1.90. The first-order valence-corrected chi connectivity index (χ1v) is 7.38. The fourth-order valence-electron chi connectivity index (χ4n) is 1.93. The molecule has 24 heavy (non-hydrogen) atoms. The zero-order valence-corrected chi connectivity index (χ0v) is 13.6. The quantitative estimate of drug-likeness (QED) is 0.622. The Labute approximate surface area is 143 Å². The highest BCUT2D eigenvalue weighted by atomic mass is 35.5. The highest BCUT2D eigenvalue weighted by Gasteiger charge is 2.07. The van der Waals surface area contributed by atoms with Crippen molar-refractivity contribution in [1.29, 1.82) is 0 Å². The molecule has 0 saturated carbocycles. The number of nitrogens with zero attached hydrogens (tertiary/aromatic N) is 1. The van der Waals surface area contributed by atoms with Crippen LogP contribution in [-0.2, 0) is 4.79 Å². The lowest BCUT2D eigenvalue weighted by Gasteiger charge is -2.08. The van der Waals surface area contributed by atoms with Gasteiger partial charge in [-0.2, -0.15) is 5.10 Å². The van der Waals surface area contributed by atoms with E-state index in [1.807, 2.05) is 6.92 Å². The normalized spacial score (nSPS) is 10.6. The second-order valence-corrected chi connectivity index (χ2v) is 5.32. The average molecular weight is 347 g/mol. The first-order valence-electron chi connectivity index (χ1n) is 7.00. The summed E-state index contributed by atoms with van der Waals surface area (Å²) in [6.07, 6.45) is 1.27. The Kier molecular flexibility index (Phi) is 5.92. The molecule has 0 aromatic heterocycles. The number of hydrogen-bond donors (Lipinski definition) is 2. The standard InChI is InChI=1S/C17H15ClN2O4/c1-11-8-13(18)6-7-15(11)24-10-16(21)20-19-9-12-4-2-3-5-14(12)17(22)23/h2-9H,10H2,1H3,(H,20,21)(H,22,23)/b19-9+. The number of carbonyl (C=O) groups is 2. The van der Waals surface area contributed by atoms with Gasteiger partial charge in [-0.1, -0.05) is 29.8 Å². The van der Waals surface area contributed by atoms with Crippen LogP contribution in [0.4, 0.5) is 0 Å². The maximum atomic E-state index is 11.7. The van der Waals surface area contributed by atoms with E-state index < -0.39 is 11.9 Å². The number of aryl methyl sites for hydroxylation is 1. The molecule has 0 unspecified atom stereocenters. The summed E-state index contributed by atoms with van der Waals surface area (Å²) in [5.74, 6) is -0.979. The van der Waals surface area contributed by atoms with Crippen molar-refractivity contribution >= 4 is 29.7 Å². The van der Waals surface area contributed by atoms with E-state index in [2.05, 4.69) is 10.5 Å². The molecule has 7 heteroatoms. The number of rotatable bonds is 6. The number of hydrazone groups is 1. The molecular formula is C17H15ClN2O4. The fraction of sp³-hybridized carbons (Fsp3) is 0.118. The summed E-state index contributed by atoms with van der Waals surface area (Å²) in [6, 6.07) is 11.4. The van der Waals surface area contributed by atoms with Crippen molar-refractivity contribution < 1.29 is 19.4 Å². The van der Waals surface area contributed by atoms with Crippen molar-refractivity contribution in [3.05, 3.63) is 64.2 Å². The van der Waals surface area contributed by atoms with Gasteiger partial charge in [0.25, 0.3) is 5.91 Å². The maximum Gasteiger partial charge on any atom is 0.336 e. The van der Waals surface area contributed by atoms with Crippen LogP contribution >= 0.6 is 11.6 Å². The third-order valence-corrected chi connectivity index (χ3v) is 3.31. The highest BCUT2D eigenvalue weighted by Crippen LogP contribution is 2.21. The molecule has 0 aliphatic heterocycles. The lowest BCUT2D eigenvalue weighted by Crippen LogP contribution is -2.24. The number of ether oxygens (including phenoxy) is 1. The molecule has 0 atom stereocenters. The van der Waals surface area contributed by atoms with Gasteiger partial charge in [-0.3, -0.25) is 4.79 Å². The summed E-state index contributed by atoms with van der Waals surface area (Å²) >= 11 is 5.85. The minimum Gasteiger partial charge on any atom is -0.483 e. The summed E-state index contributed by atoms with van der Waals surface area (Å²) in [5.41, 5.74) is 3.59. The molecule has 0 aliphatic carbocycles. The van der Waals surface area contributed by atoms with Gasteiger partial charge in [-0.15, -0.1) is 0 Å². The second kappa shape index (κ2) is 8.12. The molecule has 124 valence electrons. The molecule has 6 nitrogen and oxygen atoms in total. The van der Waals surface area contributed by atoms with Gasteiger partial charge in [0.2, 0.25) is 0 Å². The van der Waals surface area contributed by atoms with Crippen LogP contribution in [-0.4, -0.2) is 29.8 Å². The van der Waals surface area contributed by atoms with Crippen molar-refractivity contribution in [3.8, 4) is 5.75 Å². The SMILES string of the molecule is Cc1cc(Cl)ccc1OCC(=O)N/N=C/c1ccccc1C(=O)O. The Bertz CT molecular complexity index is 790. The molecular weight excluding hydrogens is 332 g/mol. The van der Waals surface area contributed by atoms with E-state index in [4.69, 9.17) is 21.4 Å². The van der Waals surface area contributed by atoms with Gasteiger partial charge in [0, 0.05) is 10.6 Å². The number of carbonyl (C=O) groups excluding carboxylic acids is 1. The zero-order chi connectivity index (χ0) is 17.5. The summed E-state index contributed by atoms with van der Waals surface area (Å²) in [7, 11) is 0. The average Bonchev–Trinajstić information content (AvgIpc) is 2.54. The molecule has 0 fully saturated rings. The molecule has 0 heterocycles. The number of carboxylic acid groups (broad SMARTS) is 1. The lowest BCUT2D eigenvalue weighted by molar-refractivity contribution is -0.123. The number of carboxylic acids is 1. The number of benzene rings is 2. The molecule has 2 aromatic rings. The topological polar surface area (TPSA) is 88.0 Å². The second-order valence-electron chi connectivity index (χ2n) is 4.88. The van der Waals surface area contributed by atoms with E-state index in [0.29, 0.717) is 16.3 Å². The van der Waals surface area contributed by atoms with Crippen LogP contribution in [0.15, 0.2) is 47.6 Å². The van der Waals surface area contributed by atoms with Crippen LogP contribution in [0.3, 0.4) is 0 Å². The summed E-state index contributed by atoms with van der Waals surface area (Å²) < 4.78 is 5.38. The monoisotopic (exact) mass is 346 g/mol. The summed E-state index contributed by atoms with van der Waals surface area (Å²) in [4.78, 5) is 22.8. The minimum atomic E-state index is -1.06. The minimum absolute atomic E-state index is 0.100. The van der Waals surface area contributed by atoms with Crippen molar-refractivity contribution in [1.82, 2.24) is 5.43 Å². The Morgan fingerprint density at radius 3 is 2.75 bits per heavy atom. The van der Waals surface area contributed by atoms with Gasteiger partial charge >= 0.3 is 5.97 Å². The van der Waals surface area contributed by atoms with E-state index >= 15 is 0 Å². The Hall–Kier alpha value is -2.86. The summed E-state index contributed by atoms with van der Waals surface area (Å²) in [6.45, 7) is 1.60. The van der Waals surface area contributed by atoms with Crippen LogP contribution in [0.25, 0.3) is 0 Å². The first kappa shape index (κ1) is 17.5. The summed E-state index contributed by atoms with van der Waals surface area (Å²) in [5, 5.41) is 13.4. The largest absolute Gasteiger partial charge is 0.483 e. The molecule has 1 amide bonds. The number of aromatic carboxylic acids is 1. The molecule has 2 N–H and O–H groups in total. The molecule has 0 spiro atoms. The molecule has 0 radical (unpaired) electrons. The molecule has 0 bridgehead atoms. The van der Waals surface area contributed by atoms with Crippen LogP contribution in [0, 0.1) is 6.92 Å². The van der Waals surface area contributed by atoms with Crippen LogP contribution < -0.4 is 10.2 Å². The molecule has 2 aromatic carbocycles. The lowest BCUT2D eigenvalue weighted by atomic mass is 10.1. The van der Waals surface area contributed by atoms with Gasteiger partial charge < -0.3 is 9.84 Å². The van der Waals surface area contributed by atoms with Gasteiger partial charge in [0.05, 0.1) is 11.8 Å². The number of hydrogen-bond acceptors (Lipinski definition) is 4. The van der Waals surface area contributed by atoms with Crippen LogP contribution in [0.5, 0.6) is 5.75 Å². The van der Waals surface area contributed by atoms with Crippen molar-refractivity contribution in [2.75, 3.05) is 6.61 Å². The zero-order valence-electron chi connectivity index (χ0n) is 12.8. The van der Waals surface area contributed by atoms with Crippen molar-refractivity contribution in [3.63, 3.8) is 0 Å². The van der Waals surface area contributed by atoms with E-state index in [1.165, 1.54) is 12.3 Å². The van der Waals surface area contributed by atoms with Gasteiger partial charge in [-0.25, -0.2) is 10.2 Å². The van der Waals surface area contributed by atoms with E-state index in [1.54, 1.807) is 36.4 Å². The highest BCUT2D eigenvalue weighted by molar-refractivity contribution is 6.30. The van der Waals surface area contributed by atoms with Crippen molar-refractivity contribution in [2.24, 2.45) is 5.10 Å². The predicted octanol–water partition coefficient (Wildman–Crippen LogP) is 2.88. The number of halogens is 1. The van der Waals surface area contributed by atoms with Crippen LogP contribution in [0.2, 0.25) is 5.02 Å². The molecule has 0 aliphatic rings. The molecule has 2 rings (SSSR count). The first-order chi connectivity index (χ1) is 11.5. The van der Waals surface area contributed by atoms with Gasteiger partial charge in [0.15, 0.2) is 6.61 Å². The third kappa shape index (κ3) is 4.82. The van der Waals surface area contributed by atoms with Crippen LogP contribution in [0.1, 0.15) is 21.5 Å². The Morgan fingerprint density at radius 2 is 2.04 bits per heavy atom. The smallest absolute Gasteiger partial charge is 0.336 e. The third-order valence-electron chi connectivity index (χ3n) is 3.08. The van der Waals surface area contributed by atoms with E-state index in [0.717, 1.165) is 5.56 Å². The predicted molar refractivity (Wildman–Crippen MR) is 90.8 cm³/mol. The fourth-order valence-corrected chi connectivity index (χ4v) is 2.16. The van der Waals surface area contributed by atoms with Gasteiger partial charge in [0.1, 0.15) is 5.75 Å². The molecule has 0 saturated heterocycles. The van der Waals surface area contributed by atoms with Gasteiger partial charge in [-0.05, 0) is 36.8 Å². The van der Waals surface area contributed by atoms with Crippen molar-refractivity contribution in [2.45, 2.75) is 6.92 Å². The number of nitrogens with one attached hydrogen (secondary N) is 1. The maximum absolute atomic E-state index is 11.7. The number of amides is 1.